The van der Waals surface area contributed by atoms with Crippen molar-refractivity contribution in [2.75, 3.05) is 5.32 Å². The zero-order chi connectivity index (χ0) is 22.5. The van der Waals surface area contributed by atoms with Crippen LogP contribution in [0, 0.1) is 0 Å². The first-order valence-corrected chi connectivity index (χ1v) is 7.69. The average Bonchev–Trinajstić information content (AvgIpc) is 3.02. The summed E-state index contributed by atoms with van der Waals surface area (Å²) in [6.07, 6.45) is -14.7. The molecule has 0 aliphatic carbocycles. The van der Waals surface area contributed by atoms with Gasteiger partial charge in [-0.1, -0.05) is 6.07 Å². The second-order valence-electron chi connectivity index (χ2n) is 5.85. The third-order valence-corrected chi connectivity index (χ3v) is 3.75. The third-order valence-electron chi connectivity index (χ3n) is 3.75. The van der Waals surface area contributed by atoms with Crippen LogP contribution in [0.4, 0.5) is 45.2 Å². The van der Waals surface area contributed by atoms with Crippen LogP contribution in [-0.2, 0) is 18.5 Å². The summed E-state index contributed by atoms with van der Waals surface area (Å²) >= 11 is 0. The van der Waals surface area contributed by atoms with E-state index < -0.39 is 58.3 Å². The molecule has 30 heavy (non-hydrogen) atoms. The highest BCUT2D eigenvalue weighted by atomic mass is 19.4. The van der Waals surface area contributed by atoms with E-state index in [2.05, 4.69) is 10.1 Å². The van der Waals surface area contributed by atoms with Gasteiger partial charge in [0.2, 0.25) is 0 Å². The van der Waals surface area contributed by atoms with E-state index in [4.69, 9.17) is 0 Å². The molecule has 0 spiro atoms. The summed E-state index contributed by atoms with van der Waals surface area (Å²) in [7, 11) is 0. The minimum atomic E-state index is -5.26. The topological polar surface area (TPSA) is 59.3 Å². The highest BCUT2D eigenvalue weighted by Crippen LogP contribution is 2.35. The van der Waals surface area contributed by atoms with E-state index in [0.717, 1.165) is 12.1 Å². The molecule has 0 bridgehead atoms. The van der Waals surface area contributed by atoms with Crippen molar-refractivity contribution in [1.82, 2.24) is 14.6 Å². The SMILES string of the molecule is O=C(Nc1cccc(C(F)(F)F)c1)c1cnn2c(C(F)(F)F)cc(C(F)(F)F)nc12. The second-order valence-corrected chi connectivity index (χ2v) is 5.85. The fourth-order valence-corrected chi connectivity index (χ4v) is 2.44. The number of benzene rings is 1. The average molecular weight is 442 g/mol. The van der Waals surface area contributed by atoms with Crippen molar-refractivity contribution >= 4 is 17.2 Å². The van der Waals surface area contributed by atoms with E-state index in [1.165, 1.54) is 0 Å². The molecule has 1 aromatic carbocycles. The summed E-state index contributed by atoms with van der Waals surface area (Å²) in [5.74, 6) is -1.30. The summed E-state index contributed by atoms with van der Waals surface area (Å²) in [4.78, 5) is 15.4. The Morgan fingerprint density at radius 3 is 2.13 bits per heavy atom. The molecular formula is C16H7F9N4O. The number of halogens is 9. The molecule has 0 fully saturated rings. The van der Waals surface area contributed by atoms with Crippen LogP contribution < -0.4 is 5.32 Å². The molecule has 0 atom stereocenters. The first kappa shape index (κ1) is 21.4. The molecule has 0 radical (unpaired) electrons. The Balaban J connectivity index is 2.07. The molecule has 5 nitrogen and oxygen atoms in total. The molecule has 160 valence electrons. The van der Waals surface area contributed by atoms with Gasteiger partial charge in [0.05, 0.1) is 11.8 Å². The Labute approximate surface area is 160 Å². The number of aromatic nitrogens is 3. The van der Waals surface area contributed by atoms with Crippen LogP contribution in [0.15, 0.2) is 36.5 Å². The Kier molecular flexibility index (Phi) is 4.91. The van der Waals surface area contributed by atoms with Crippen LogP contribution in [0.2, 0.25) is 0 Å². The minimum Gasteiger partial charge on any atom is -0.322 e. The van der Waals surface area contributed by atoms with Gasteiger partial charge in [0.25, 0.3) is 5.91 Å². The van der Waals surface area contributed by atoms with E-state index in [1.807, 2.05) is 5.32 Å². The maximum Gasteiger partial charge on any atom is 0.433 e. The van der Waals surface area contributed by atoms with Crippen molar-refractivity contribution < 1.29 is 44.3 Å². The highest BCUT2D eigenvalue weighted by molar-refractivity contribution is 6.08. The molecule has 1 amide bonds. The fourth-order valence-electron chi connectivity index (χ4n) is 2.44. The minimum absolute atomic E-state index is 0.00368. The number of alkyl halides is 9. The maximum absolute atomic E-state index is 13.1. The van der Waals surface area contributed by atoms with Crippen LogP contribution in [0.1, 0.15) is 27.3 Å². The van der Waals surface area contributed by atoms with Gasteiger partial charge < -0.3 is 5.32 Å². The smallest absolute Gasteiger partial charge is 0.322 e. The number of amides is 1. The third kappa shape index (κ3) is 4.16. The van der Waals surface area contributed by atoms with Crippen molar-refractivity contribution in [2.24, 2.45) is 0 Å². The number of rotatable bonds is 2. The largest absolute Gasteiger partial charge is 0.433 e. The summed E-state index contributed by atoms with van der Waals surface area (Å²) in [6.45, 7) is 0. The van der Waals surface area contributed by atoms with Gasteiger partial charge in [0.15, 0.2) is 11.3 Å². The zero-order valence-electron chi connectivity index (χ0n) is 14.1. The monoisotopic (exact) mass is 442 g/mol. The first-order chi connectivity index (χ1) is 13.7. The number of nitrogens with one attached hydrogen (secondary N) is 1. The molecular weight excluding hydrogens is 435 g/mol. The Hall–Kier alpha value is -3.32. The van der Waals surface area contributed by atoms with Crippen molar-refractivity contribution in [2.45, 2.75) is 18.5 Å². The molecule has 0 unspecified atom stereocenters. The lowest BCUT2D eigenvalue weighted by Gasteiger charge is -2.13. The first-order valence-electron chi connectivity index (χ1n) is 7.69. The Bertz CT molecular complexity index is 1110. The van der Waals surface area contributed by atoms with E-state index in [-0.39, 0.29) is 10.6 Å². The number of anilines is 1. The van der Waals surface area contributed by atoms with Gasteiger partial charge in [-0.05, 0) is 24.3 Å². The van der Waals surface area contributed by atoms with Crippen molar-refractivity contribution in [1.29, 1.82) is 0 Å². The summed E-state index contributed by atoms with van der Waals surface area (Å²) in [5, 5.41) is 5.22. The molecule has 2 heterocycles. The number of carbonyl (C=O) groups is 1. The van der Waals surface area contributed by atoms with Gasteiger partial charge >= 0.3 is 18.5 Å². The standard InChI is InChI=1S/C16H7F9N4O/c17-14(18,19)7-2-1-3-8(4-7)27-13(30)9-6-26-29-11(16(23,24)25)5-10(15(20,21)22)28-12(9)29/h1-6H,(H,27,30). The number of nitrogens with zero attached hydrogens (tertiary/aromatic N) is 3. The van der Waals surface area contributed by atoms with E-state index >= 15 is 0 Å². The molecule has 3 rings (SSSR count). The van der Waals surface area contributed by atoms with Crippen LogP contribution in [0.5, 0.6) is 0 Å². The van der Waals surface area contributed by atoms with Gasteiger partial charge in [0.1, 0.15) is 11.3 Å². The molecule has 0 saturated carbocycles. The second kappa shape index (κ2) is 6.88. The molecule has 1 N–H and O–H groups in total. The lowest BCUT2D eigenvalue weighted by Crippen LogP contribution is -2.19. The highest BCUT2D eigenvalue weighted by Gasteiger charge is 2.41. The lowest BCUT2D eigenvalue weighted by atomic mass is 10.2. The van der Waals surface area contributed by atoms with Gasteiger partial charge in [-0.15, -0.1) is 0 Å². The molecule has 3 aromatic rings. The predicted octanol–water partition coefficient (Wildman–Crippen LogP) is 5.04. The number of hydrogen-bond acceptors (Lipinski definition) is 3. The molecule has 2 aromatic heterocycles. The Morgan fingerprint density at radius 2 is 1.57 bits per heavy atom. The van der Waals surface area contributed by atoms with Crippen molar-refractivity contribution in [3.63, 3.8) is 0 Å². The molecule has 14 heteroatoms. The number of fused-ring (bicyclic) bond motifs is 1. The van der Waals surface area contributed by atoms with Crippen LogP contribution in [0.25, 0.3) is 5.65 Å². The van der Waals surface area contributed by atoms with E-state index in [9.17, 15) is 44.3 Å². The maximum atomic E-state index is 13.1. The Morgan fingerprint density at radius 1 is 0.900 bits per heavy atom. The number of hydrogen-bond donors (Lipinski definition) is 1. The van der Waals surface area contributed by atoms with Gasteiger partial charge in [-0.2, -0.15) is 44.6 Å². The molecule has 0 aliphatic heterocycles. The van der Waals surface area contributed by atoms with Crippen molar-refractivity contribution in [3.05, 3.63) is 59.0 Å². The van der Waals surface area contributed by atoms with Crippen LogP contribution in [0.3, 0.4) is 0 Å². The normalized spacial score (nSPS) is 13.0. The lowest BCUT2D eigenvalue weighted by molar-refractivity contribution is -0.148. The van der Waals surface area contributed by atoms with Crippen LogP contribution in [-0.4, -0.2) is 20.5 Å². The van der Waals surface area contributed by atoms with Gasteiger partial charge in [-0.25, -0.2) is 9.50 Å². The summed E-state index contributed by atoms with van der Waals surface area (Å²) in [6, 6.07) is 2.98. The van der Waals surface area contributed by atoms with E-state index in [1.54, 1.807) is 0 Å². The fraction of sp³-hybridized carbons (Fsp3) is 0.188. The van der Waals surface area contributed by atoms with Gasteiger partial charge in [-0.3, -0.25) is 4.79 Å². The van der Waals surface area contributed by atoms with E-state index in [0.29, 0.717) is 18.3 Å². The zero-order valence-corrected chi connectivity index (χ0v) is 14.1. The molecule has 0 saturated heterocycles. The van der Waals surface area contributed by atoms with Crippen molar-refractivity contribution in [3.8, 4) is 0 Å². The predicted molar refractivity (Wildman–Crippen MR) is 82.4 cm³/mol. The summed E-state index contributed by atoms with van der Waals surface area (Å²) in [5.41, 5.74) is -7.14. The van der Waals surface area contributed by atoms with Gasteiger partial charge in [0, 0.05) is 5.69 Å². The quantitative estimate of drug-likeness (QED) is 0.566. The number of carbonyl (C=O) groups excluding carboxylic acids is 1. The van der Waals surface area contributed by atoms with Crippen LogP contribution >= 0.6 is 0 Å². The summed E-state index contributed by atoms with van der Waals surface area (Å²) < 4.78 is 117. The molecule has 0 aliphatic rings.